The van der Waals surface area contributed by atoms with Crippen LogP contribution in [0.2, 0.25) is 0 Å². The van der Waals surface area contributed by atoms with E-state index in [1.54, 1.807) is 30.8 Å². The highest BCUT2D eigenvalue weighted by molar-refractivity contribution is 6.00. The van der Waals surface area contributed by atoms with Crippen molar-refractivity contribution in [2.75, 3.05) is 5.32 Å². The molecule has 0 unspecified atom stereocenters. The lowest BCUT2D eigenvalue weighted by molar-refractivity contribution is -0.119. The Morgan fingerprint density at radius 3 is 2.37 bits per heavy atom. The molecule has 3 heterocycles. The second kappa shape index (κ2) is 10.3. The quantitative estimate of drug-likeness (QED) is 0.345. The number of aromatic amines is 1. The molecule has 2 aliphatic rings. The summed E-state index contributed by atoms with van der Waals surface area (Å²) in [6.45, 7) is 7.34. The molecule has 202 valence electrons. The summed E-state index contributed by atoms with van der Waals surface area (Å²) in [4.78, 5) is 31.2. The maximum Gasteiger partial charge on any atom is 0.270 e. The Hall–Kier alpha value is -3.63. The number of pyridine rings is 1. The van der Waals surface area contributed by atoms with Gasteiger partial charge in [0.15, 0.2) is 0 Å². The minimum atomic E-state index is -2.78. The summed E-state index contributed by atoms with van der Waals surface area (Å²) in [6.07, 6.45) is 4.16. The molecular weight excluding hydrogens is 492 g/mol. The van der Waals surface area contributed by atoms with Crippen LogP contribution in [-0.4, -0.2) is 42.8 Å². The number of amides is 2. The number of carbonyl (C=O) groups excluding carboxylic acids is 2. The van der Waals surface area contributed by atoms with Crippen molar-refractivity contribution in [1.82, 2.24) is 30.3 Å². The SMILES string of the molecule is Cc1n[nH]c(C)c1-c1cnc(NC(=O)[C@@H](NC(=O)c2ccnn2C(C)C)C(C2CC2)C2CC2)cc1C(F)F. The molecule has 2 amide bonds. The number of halogens is 2. The predicted octanol–water partition coefficient (Wildman–Crippen LogP) is 4.98. The molecule has 0 aliphatic heterocycles. The van der Waals surface area contributed by atoms with Crippen LogP contribution in [0.5, 0.6) is 0 Å². The van der Waals surface area contributed by atoms with E-state index in [0.717, 1.165) is 25.7 Å². The first kappa shape index (κ1) is 26.0. The van der Waals surface area contributed by atoms with Crippen molar-refractivity contribution in [1.29, 1.82) is 0 Å². The molecule has 5 rings (SSSR count). The van der Waals surface area contributed by atoms with Crippen molar-refractivity contribution in [3.05, 3.63) is 47.2 Å². The molecule has 0 bridgehead atoms. The van der Waals surface area contributed by atoms with E-state index in [0.29, 0.717) is 34.5 Å². The summed E-state index contributed by atoms with van der Waals surface area (Å²) in [5, 5.41) is 16.8. The molecule has 0 radical (unpaired) electrons. The van der Waals surface area contributed by atoms with Gasteiger partial charge in [-0.15, -0.1) is 0 Å². The highest BCUT2D eigenvalue weighted by atomic mass is 19.3. The van der Waals surface area contributed by atoms with Gasteiger partial charge < -0.3 is 10.6 Å². The summed E-state index contributed by atoms with van der Waals surface area (Å²) in [6, 6.07) is 1.99. The van der Waals surface area contributed by atoms with Crippen LogP contribution in [0.25, 0.3) is 11.1 Å². The molecule has 2 aliphatic carbocycles. The first-order chi connectivity index (χ1) is 18.2. The lowest BCUT2D eigenvalue weighted by Crippen LogP contribution is -2.50. The van der Waals surface area contributed by atoms with E-state index in [9.17, 15) is 18.4 Å². The Kier molecular flexibility index (Phi) is 7.02. The molecule has 2 fully saturated rings. The number of carbonyl (C=O) groups is 2. The Morgan fingerprint density at radius 1 is 1.13 bits per heavy atom. The molecule has 0 saturated heterocycles. The number of hydrogen-bond acceptors (Lipinski definition) is 5. The zero-order valence-corrected chi connectivity index (χ0v) is 22.0. The molecule has 9 nitrogen and oxygen atoms in total. The van der Waals surface area contributed by atoms with E-state index in [1.165, 1.54) is 12.3 Å². The van der Waals surface area contributed by atoms with Crippen molar-refractivity contribution in [2.24, 2.45) is 17.8 Å². The van der Waals surface area contributed by atoms with Gasteiger partial charge in [0.05, 0.1) is 5.69 Å². The first-order valence-electron chi connectivity index (χ1n) is 13.1. The first-order valence-corrected chi connectivity index (χ1v) is 13.1. The fourth-order valence-corrected chi connectivity index (χ4v) is 5.43. The number of nitrogens with zero attached hydrogens (tertiary/aromatic N) is 4. The summed E-state index contributed by atoms with van der Waals surface area (Å²) in [5.41, 5.74) is 2.20. The van der Waals surface area contributed by atoms with Crippen molar-refractivity contribution < 1.29 is 18.4 Å². The minimum Gasteiger partial charge on any atom is -0.339 e. The number of aromatic nitrogens is 5. The Morgan fingerprint density at radius 2 is 1.82 bits per heavy atom. The molecule has 3 N–H and O–H groups in total. The van der Waals surface area contributed by atoms with Gasteiger partial charge in [-0.25, -0.2) is 13.8 Å². The number of nitrogens with one attached hydrogen (secondary N) is 3. The normalized spacial score (nSPS) is 16.3. The second-order valence-corrected chi connectivity index (χ2v) is 10.7. The number of rotatable bonds is 10. The van der Waals surface area contributed by atoms with Crippen LogP contribution >= 0.6 is 0 Å². The summed E-state index contributed by atoms with van der Waals surface area (Å²) in [5.74, 6) is -0.122. The Balaban J connectivity index is 1.43. The molecule has 3 aromatic heterocycles. The lowest BCUT2D eigenvalue weighted by atomic mass is 9.88. The number of alkyl halides is 2. The molecule has 0 spiro atoms. The van der Waals surface area contributed by atoms with E-state index in [1.807, 2.05) is 13.8 Å². The van der Waals surface area contributed by atoms with E-state index >= 15 is 0 Å². The van der Waals surface area contributed by atoms with Crippen molar-refractivity contribution in [3.8, 4) is 11.1 Å². The molecule has 3 aromatic rings. The third-order valence-corrected chi connectivity index (χ3v) is 7.50. The van der Waals surface area contributed by atoms with Gasteiger partial charge in [-0.2, -0.15) is 10.2 Å². The number of aryl methyl sites for hydroxylation is 2. The zero-order chi connectivity index (χ0) is 27.1. The average molecular weight is 526 g/mol. The van der Waals surface area contributed by atoms with Crippen LogP contribution in [0.4, 0.5) is 14.6 Å². The zero-order valence-electron chi connectivity index (χ0n) is 22.0. The smallest absolute Gasteiger partial charge is 0.270 e. The van der Waals surface area contributed by atoms with E-state index < -0.39 is 18.4 Å². The van der Waals surface area contributed by atoms with Crippen LogP contribution in [-0.2, 0) is 4.79 Å². The Bertz CT molecular complexity index is 1310. The maximum absolute atomic E-state index is 14.1. The van der Waals surface area contributed by atoms with Crippen molar-refractivity contribution in [3.63, 3.8) is 0 Å². The molecule has 11 heteroatoms. The molecule has 38 heavy (non-hydrogen) atoms. The fraction of sp³-hybridized carbons (Fsp3) is 0.519. The van der Waals surface area contributed by atoms with Crippen molar-refractivity contribution in [2.45, 2.75) is 71.9 Å². The van der Waals surface area contributed by atoms with E-state index in [-0.39, 0.29) is 34.8 Å². The van der Waals surface area contributed by atoms with Gasteiger partial charge in [-0.05, 0) is 83.3 Å². The van der Waals surface area contributed by atoms with Crippen molar-refractivity contribution >= 4 is 17.6 Å². The summed E-state index contributed by atoms with van der Waals surface area (Å²) >= 11 is 0. The summed E-state index contributed by atoms with van der Waals surface area (Å²) < 4.78 is 29.8. The van der Waals surface area contributed by atoms with Gasteiger partial charge in [0.25, 0.3) is 12.3 Å². The van der Waals surface area contributed by atoms with Crippen LogP contribution in [0.3, 0.4) is 0 Å². The topological polar surface area (TPSA) is 118 Å². The second-order valence-electron chi connectivity index (χ2n) is 10.7. The number of H-pyrrole nitrogens is 1. The minimum absolute atomic E-state index is 0.0144. The Labute approximate surface area is 219 Å². The monoisotopic (exact) mass is 525 g/mol. The molecule has 0 aromatic carbocycles. The van der Waals surface area contributed by atoms with Gasteiger partial charge >= 0.3 is 0 Å². The predicted molar refractivity (Wildman–Crippen MR) is 138 cm³/mol. The van der Waals surface area contributed by atoms with Gasteiger partial charge in [0, 0.05) is 40.8 Å². The van der Waals surface area contributed by atoms with E-state index in [4.69, 9.17) is 0 Å². The van der Waals surface area contributed by atoms with Gasteiger partial charge in [0.2, 0.25) is 5.91 Å². The van der Waals surface area contributed by atoms with Crippen LogP contribution in [0, 0.1) is 31.6 Å². The standard InChI is InChI=1S/C27H33F2N7O2/c1-13(2)36-20(9-10-31-36)26(37)33-24(23(16-5-6-16)17-7-8-17)27(38)32-21-11-18(25(28)29)19(12-30-21)22-14(3)34-35-15(22)4/h9-13,16-17,23-25H,5-8H2,1-4H3,(H,33,37)(H,34,35)(H,30,32,38)/t24-/m0/s1. The van der Waals surface area contributed by atoms with E-state index in [2.05, 4.69) is 30.9 Å². The highest BCUT2D eigenvalue weighted by Crippen LogP contribution is 2.51. The number of anilines is 1. The number of hydrogen-bond donors (Lipinski definition) is 3. The van der Waals surface area contributed by atoms with Crippen LogP contribution < -0.4 is 10.6 Å². The molecule has 2 saturated carbocycles. The highest BCUT2D eigenvalue weighted by Gasteiger charge is 2.48. The largest absolute Gasteiger partial charge is 0.339 e. The van der Waals surface area contributed by atoms with Gasteiger partial charge in [-0.1, -0.05) is 0 Å². The fourth-order valence-electron chi connectivity index (χ4n) is 5.43. The van der Waals surface area contributed by atoms with Gasteiger partial charge in [-0.3, -0.25) is 19.4 Å². The van der Waals surface area contributed by atoms with Gasteiger partial charge in [0.1, 0.15) is 17.6 Å². The third-order valence-electron chi connectivity index (χ3n) is 7.50. The average Bonchev–Trinajstić information content (AvgIpc) is 3.80. The maximum atomic E-state index is 14.1. The summed E-state index contributed by atoms with van der Waals surface area (Å²) in [7, 11) is 0. The lowest BCUT2D eigenvalue weighted by Gasteiger charge is -2.27. The van der Waals surface area contributed by atoms with Crippen LogP contribution in [0.1, 0.15) is 79.4 Å². The third kappa shape index (κ3) is 5.19. The molecular formula is C27H33F2N7O2. The van der Waals surface area contributed by atoms with Crippen LogP contribution in [0.15, 0.2) is 24.5 Å². The molecule has 1 atom stereocenters.